The second kappa shape index (κ2) is 8.22. The minimum absolute atomic E-state index is 0.197. The van der Waals surface area contributed by atoms with Gasteiger partial charge >= 0.3 is 6.18 Å². The van der Waals surface area contributed by atoms with Crippen LogP contribution in [-0.2, 0) is 21.0 Å². The highest BCUT2D eigenvalue weighted by atomic mass is 32.2. The lowest BCUT2D eigenvalue weighted by atomic mass is 10.0. The average Bonchev–Trinajstić information content (AvgIpc) is 3.17. The van der Waals surface area contributed by atoms with Gasteiger partial charge in [0.15, 0.2) is 0 Å². The number of nitrogens with zero attached hydrogens (tertiary/aromatic N) is 1. The summed E-state index contributed by atoms with van der Waals surface area (Å²) in [6.07, 6.45) is -2.87. The third kappa shape index (κ3) is 4.56. The molecule has 5 nitrogen and oxygen atoms in total. The molecule has 1 saturated heterocycles. The maximum absolute atomic E-state index is 13.1. The molecule has 10 heteroatoms. The lowest BCUT2D eigenvalue weighted by Crippen LogP contribution is -2.45. The molecule has 1 unspecified atom stereocenters. The van der Waals surface area contributed by atoms with Crippen LogP contribution in [0.25, 0.3) is 0 Å². The maximum atomic E-state index is 13.1. The largest absolute Gasteiger partial charge is 0.418 e. The number of piperidine rings is 1. The first-order valence-corrected chi connectivity index (χ1v) is 11.0. The molecule has 28 heavy (non-hydrogen) atoms. The summed E-state index contributed by atoms with van der Waals surface area (Å²) in [4.78, 5) is 12.4. The van der Waals surface area contributed by atoms with Crippen molar-refractivity contribution in [2.24, 2.45) is 0 Å². The molecular weight excluding hydrogens is 413 g/mol. The van der Waals surface area contributed by atoms with Crippen LogP contribution in [0.5, 0.6) is 0 Å². The van der Waals surface area contributed by atoms with E-state index in [1.165, 1.54) is 28.6 Å². The number of carbonyl (C=O) groups is 1. The lowest BCUT2D eigenvalue weighted by Gasteiger charge is -2.34. The summed E-state index contributed by atoms with van der Waals surface area (Å²) < 4.78 is 66.5. The highest BCUT2D eigenvalue weighted by Gasteiger charge is 2.36. The lowest BCUT2D eigenvalue weighted by molar-refractivity contribution is -0.137. The van der Waals surface area contributed by atoms with E-state index >= 15 is 0 Å². The van der Waals surface area contributed by atoms with Gasteiger partial charge in [-0.25, -0.2) is 8.42 Å². The number of amides is 1. The Morgan fingerprint density at radius 3 is 2.61 bits per heavy atom. The SMILES string of the molecule is O=C(CC1CCCCN1S(=O)(=O)c1cccs1)Nc1ccccc1C(F)(F)F. The van der Waals surface area contributed by atoms with Gasteiger partial charge in [-0.15, -0.1) is 11.3 Å². The number of hydrogen-bond donors (Lipinski definition) is 1. The minimum Gasteiger partial charge on any atom is -0.325 e. The average molecular weight is 432 g/mol. The molecule has 1 aromatic heterocycles. The zero-order valence-corrected chi connectivity index (χ0v) is 16.4. The van der Waals surface area contributed by atoms with Crippen molar-refractivity contribution in [3.05, 3.63) is 47.3 Å². The van der Waals surface area contributed by atoms with Gasteiger partial charge in [0, 0.05) is 19.0 Å². The first-order valence-electron chi connectivity index (χ1n) is 8.71. The van der Waals surface area contributed by atoms with Crippen LogP contribution in [-0.4, -0.2) is 31.2 Å². The molecule has 1 aromatic carbocycles. The van der Waals surface area contributed by atoms with Crippen molar-refractivity contribution in [3.8, 4) is 0 Å². The Morgan fingerprint density at radius 2 is 1.93 bits per heavy atom. The molecule has 0 aliphatic carbocycles. The molecule has 2 aromatic rings. The van der Waals surface area contributed by atoms with Crippen LogP contribution in [0.1, 0.15) is 31.2 Å². The molecule has 1 amide bonds. The van der Waals surface area contributed by atoms with Gasteiger partial charge in [0.2, 0.25) is 5.91 Å². The Bertz CT molecular complexity index is 928. The molecule has 0 radical (unpaired) electrons. The van der Waals surface area contributed by atoms with E-state index in [-0.39, 0.29) is 22.9 Å². The number of carbonyl (C=O) groups excluding carboxylic acids is 1. The van der Waals surface area contributed by atoms with Gasteiger partial charge < -0.3 is 5.32 Å². The van der Waals surface area contributed by atoms with E-state index in [0.29, 0.717) is 12.8 Å². The molecule has 0 spiro atoms. The van der Waals surface area contributed by atoms with Crippen molar-refractivity contribution >= 4 is 33.0 Å². The zero-order chi connectivity index (χ0) is 20.4. The Labute approximate surface area is 165 Å². The van der Waals surface area contributed by atoms with Gasteiger partial charge in [-0.05, 0) is 36.4 Å². The fourth-order valence-corrected chi connectivity index (χ4v) is 6.09. The fraction of sp³-hybridized carbons (Fsp3) is 0.389. The van der Waals surface area contributed by atoms with Crippen LogP contribution in [0.15, 0.2) is 46.0 Å². The number of hydrogen-bond acceptors (Lipinski definition) is 4. The van der Waals surface area contributed by atoms with E-state index in [0.717, 1.165) is 23.8 Å². The van der Waals surface area contributed by atoms with Crippen LogP contribution in [0.3, 0.4) is 0 Å². The standard InChI is InChI=1S/C18H19F3N2O3S2/c19-18(20,21)14-7-1-2-8-15(14)22-16(24)12-13-6-3-4-10-23(13)28(25,26)17-9-5-11-27-17/h1-2,5,7-9,11,13H,3-4,6,10,12H2,(H,22,24). The van der Waals surface area contributed by atoms with Gasteiger partial charge in [-0.3, -0.25) is 4.79 Å². The second-order valence-corrected chi connectivity index (χ2v) is 9.56. The summed E-state index contributed by atoms with van der Waals surface area (Å²) in [5.74, 6) is -0.644. The number of thiophene rings is 1. The molecular formula is C18H19F3N2O3S2. The molecule has 1 N–H and O–H groups in total. The normalized spacial score (nSPS) is 18.8. The van der Waals surface area contributed by atoms with Gasteiger partial charge in [0.25, 0.3) is 10.0 Å². The van der Waals surface area contributed by atoms with Crippen molar-refractivity contribution in [1.29, 1.82) is 0 Å². The predicted octanol–water partition coefficient (Wildman–Crippen LogP) is 4.34. The van der Waals surface area contributed by atoms with Crippen LogP contribution in [0.2, 0.25) is 0 Å². The molecule has 0 bridgehead atoms. The van der Waals surface area contributed by atoms with Crippen LogP contribution in [0.4, 0.5) is 18.9 Å². The summed E-state index contributed by atoms with van der Waals surface area (Å²) in [6.45, 7) is 0.289. The van der Waals surface area contributed by atoms with E-state index in [4.69, 9.17) is 0 Å². The summed E-state index contributed by atoms with van der Waals surface area (Å²) in [7, 11) is -3.73. The third-order valence-corrected chi connectivity index (χ3v) is 7.88. The Kier molecular flexibility index (Phi) is 6.11. The van der Waals surface area contributed by atoms with Crippen molar-refractivity contribution in [2.75, 3.05) is 11.9 Å². The van der Waals surface area contributed by atoms with Gasteiger partial charge in [-0.1, -0.05) is 24.6 Å². The number of benzene rings is 1. The highest BCUT2D eigenvalue weighted by molar-refractivity contribution is 7.91. The van der Waals surface area contributed by atoms with Crippen molar-refractivity contribution in [2.45, 2.75) is 42.1 Å². The van der Waals surface area contributed by atoms with Gasteiger partial charge in [0.05, 0.1) is 11.3 Å². The first kappa shape index (κ1) is 20.8. The first-order chi connectivity index (χ1) is 13.2. The van der Waals surface area contributed by atoms with E-state index in [9.17, 15) is 26.4 Å². The summed E-state index contributed by atoms with van der Waals surface area (Å²) >= 11 is 1.10. The van der Waals surface area contributed by atoms with Crippen LogP contribution >= 0.6 is 11.3 Å². The van der Waals surface area contributed by atoms with E-state index in [2.05, 4.69) is 5.32 Å². The molecule has 0 saturated carbocycles. The Hall–Kier alpha value is -1.91. The fourth-order valence-electron chi connectivity index (χ4n) is 3.27. The molecule has 1 fully saturated rings. The molecule has 1 aliphatic rings. The Balaban J connectivity index is 1.76. The van der Waals surface area contributed by atoms with Crippen molar-refractivity contribution < 1.29 is 26.4 Å². The number of rotatable bonds is 5. The number of anilines is 1. The monoisotopic (exact) mass is 432 g/mol. The minimum atomic E-state index is -4.59. The predicted molar refractivity (Wildman–Crippen MR) is 101 cm³/mol. The molecule has 2 heterocycles. The van der Waals surface area contributed by atoms with E-state index in [1.807, 2.05) is 0 Å². The molecule has 1 atom stereocenters. The van der Waals surface area contributed by atoms with E-state index < -0.39 is 33.7 Å². The van der Waals surface area contributed by atoms with E-state index in [1.54, 1.807) is 11.4 Å². The maximum Gasteiger partial charge on any atom is 0.418 e. The summed E-state index contributed by atoms with van der Waals surface area (Å²) in [6, 6.07) is 7.28. The topological polar surface area (TPSA) is 66.5 Å². The number of alkyl halides is 3. The Morgan fingerprint density at radius 1 is 1.18 bits per heavy atom. The highest BCUT2D eigenvalue weighted by Crippen LogP contribution is 2.35. The summed E-state index contributed by atoms with van der Waals surface area (Å²) in [5, 5.41) is 3.95. The summed E-state index contributed by atoms with van der Waals surface area (Å²) in [5.41, 5.74) is -1.27. The molecule has 3 rings (SSSR count). The number of sulfonamides is 1. The van der Waals surface area contributed by atoms with Gasteiger partial charge in [-0.2, -0.15) is 17.5 Å². The number of para-hydroxylation sites is 1. The van der Waals surface area contributed by atoms with Crippen LogP contribution in [0, 0.1) is 0 Å². The van der Waals surface area contributed by atoms with Gasteiger partial charge in [0.1, 0.15) is 4.21 Å². The molecule has 152 valence electrons. The van der Waals surface area contributed by atoms with Crippen LogP contribution < -0.4 is 5.32 Å². The number of halogens is 3. The van der Waals surface area contributed by atoms with Crippen molar-refractivity contribution in [3.63, 3.8) is 0 Å². The second-order valence-electron chi connectivity index (χ2n) is 6.49. The zero-order valence-electron chi connectivity index (χ0n) is 14.8. The smallest absolute Gasteiger partial charge is 0.325 e. The molecule has 1 aliphatic heterocycles. The quantitative estimate of drug-likeness (QED) is 0.764. The van der Waals surface area contributed by atoms with Crippen molar-refractivity contribution in [1.82, 2.24) is 4.31 Å². The number of nitrogens with one attached hydrogen (secondary N) is 1. The third-order valence-electron chi connectivity index (χ3n) is 4.56.